The van der Waals surface area contributed by atoms with Crippen molar-refractivity contribution < 1.29 is 9.53 Å². The first kappa shape index (κ1) is 17.5. The number of aryl methyl sites for hydroxylation is 2. The highest BCUT2D eigenvalue weighted by atomic mass is 16.5. The van der Waals surface area contributed by atoms with E-state index in [1.165, 1.54) is 0 Å². The first-order valence-electron chi connectivity index (χ1n) is 8.35. The van der Waals surface area contributed by atoms with Gasteiger partial charge >= 0.3 is 0 Å². The number of para-hydroxylation sites is 1. The Balaban J connectivity index is 1.64. The molecule has 1 amide bonds. The molecule has 3 N–H and O–H groups in total. The topological polar surface area (TPSA) is 77.2 Å². The van der Waals surface area contributed by atoms with Crippen molar-refractivity contribution in [3.63, 3.8) is 0 Å². The number of nitrogens with two attached hydrogens (primary N) is 1. The number of ether oxygens (including phenoxy) is 1. The molecule has 0 aliphatic heterocycles. The fourth-order valence-corrected chi connectivity index (χ4v) is 2.47. The maximum absolute atomic E-state index is 12.4. The van der Waals surface area contributed by atoms with E-state index in [0.29, 0.717) is 17.9 Å². The van der Waals surface area contributed by atoms with Gasteiger partial charge in [0, 0.05) is 11.4 Å². The highest BCUT2D eigenvalue weighted by Crippen LogP contribution is 2.18. The van der Waals surface area contributed by atoms with Gasteiger partial charge in [-0.15, -0.1) is 0 Å². The van der Waals surface area contributed by atoms with Gasteiger partial charge in [0.1, 0.15) is 18.2 Å². The number of aromatic nitrogens is 1. The number of nitrogens with zero attached hydrogens (tertiary/aromatic N) is 1. The van der Waals surface area contributed by atoms with Gasteiger partial charge in [0.25, 0.3) is 5.91 Å². The summed E-state index contributed by atoms with van der Waals surface area (Å²) in [5.41, 5.74) is 9.71. The number of nitrogens with one attached hydrogen (secondary N) is 1. The van der Waals surface area contributed by atoms with Crippen LogP contribution in [0.2, 0.25) is 0 Å². The van der Waals surface area contributed by atoms with Crippen LogP contribution < -0.4 is 15.8 Å². The highest BCUT2D eigenvalue weighted by molar-refractivity contribution is 6.07. The van der Waals surface area contributed by atoms with Crippen molar-refractivity contribution in [3.8, 4) is 5.75 Å². The number of hydrogen-bond donors (Lipinski definition) is 2. The van der Waals surface area contributed by atoms with Crippen LogP contribution in [0, 0.1) is 13.8 Å². The summed E-state index contributed by atoms with van der Waals surface area (Å²) in [7, 11) is 0. The monoisotopic (exact) mass is 347 g/mol. The van der Waals surface area contributed by atoms with Gasteiger partial charge in [-0.25, -0.2) is 4.98 Å². The Morgan fingerprint density at radius 3 is 2.46 bits per heavy atom. The smallest absolute Gasteiger partial charge is 0.259 e. The fraction of sp³-hybridized carbons (Fsp3) is 0.143. The van der Waals surface area contributed by atoms with E-state index in [1.807, 2.05) is 68.4 Å². The summed E-state index contributed by atoms with van der Waals surface area (Å²) in [6, 6.07) is 18.9. The molecule has 0 saturated carbocycles. The molecule has 0 aliphatic rings. The van der Waals surface area contributed by atoms with Gasteiger partial charge in [0.2, 0.25) is 0 Å². The van der Waals surface area contributed by atoms with Crippen LogP contribution in [-0.2, 0) is 6.61 Å². The van der Waals surface area contributed by atoms with E-state index < -0.39 is 0 Å². The molecule has 0 bridgehead atoms. The number of amides is 1. The molecule has 1 heterocycles. The van der Waals surface area contributed by atoms with Gasteiger partial charge in [-0.05, 0) is 55.3 Å². The van der Waals surface area contributed by atoms with Crippen LogP contribution in [0.1, 0.15) is 27.2 Å². The molecule has 26 heavy (non-hydrogen) atoms. The van der Waals surface area contributed by atoms with Crippen molar-refractivity contribution in [2.75, 3.05) is 11.1 Å². The molecule has 3 aromatic rings. The molecule has 0 aliphatic carbocycles. The number of carbonyl (C=O) groups excluding carboxylic acids is 1. The molecule has 1 aromatic heterocycles. The van der Waals surface area contributed by atoms with Gasteiger partial charge in [-0.3, -0.25) is 4.79 Å². The third-order valence-corrected chi connectivity index (χ3v) is 4.10. The highest BCUT2D eigenvalue weighted by Gasteiger charge is 2.13. The zero-order valence-corrected chi connectivity index (χ0v) is 14.8. The van der Waals surface area contributed by atoms with Gasteiger partial charge in [0.15, 0.2) is 0 Å². The van der Waals surface area contributed by atoms with Crippen molar-refractivity contribution >= 4 is 17.4 Å². The van der Waals surface area contributed by atoms with Crippen LogP contribution in [0.5, 0.6) is 5.75 Å². The lowest BCUT2D eigenvalue weighted by Gasteiger charge is -2.10. The van der Waals surface area contributed by atoms with Gasteiger partial charge < -0.3 is 15.8 Å². The largest absolute Gasteiger partial charge is 0.489 e. The molecule has 0 spiro atoms. The Kier molecular flexibility index (Phi) is 5.17. The summed E-state index contributed by atoms with van der Waals surface area (Å²) in [5.74, 6) is 0.785. The number of anilines is 2. The van der Waals surface area contributed by atoms with Crippen LogP contribution >= 0.6 is 0 Å². The zero-order valence-electron chi connectivity index (χ0n) is 14.8. The molecule has 132 valence electrons. The second-order valence-corrected chi connectivity index (χ2v) is 6.08. The maximum atomic E-state index is 12.4. The van der Waals surface area contributed by atoms with E-state index in [-0.39, 0.29) is 11.7 Å². The summed E-state index contributed by atoms with van der Waals surface area (Å²) in [4.78, 5) is 16.6. The van der Waals surface area contributed by atoms with E-state index in [4.69, 9.17) is 10.5 Å². The predicted molar refractivity (Wildman–Crippen MR) is 103 cm³/mol. The standard InChI is InChI=1S/C21H21N3O2/c1-14-12-19(20(22)23-15(14)2)21(25)24-17-10-8-16(9-11-17)13-26-18-6-4-3-5-7-18/h3-12H,13H2,1-2H3,(H2,22,23)(H,24,25). The molecular formula is C21H21N3O2. The van der Waals surface area contributed by atoms with Crippen LogP contribution in [-0.4, -0.2) is 10.9 Å². The van der Waals surface area contributed by atoms with E-state index >= 15 is 0 Å². The Morgan fingerprint density at radius 2 is 1.77 bits per heavy atom. The molecule has 0 saturated heterocycles. The van der Waals surface area contributed by atoms with Crippen molar-refractivity contribution in [3.05, 3.63) is 83.0 Å². The van der Waals surface area contributed by atoms with Gasteiger partial charge in [0.05, 0.1) is 5.56 Å². The van der Waals surface area contributed by atoms with Crippen LogP contribution in [0.4, 0.5) is 11.5 Å². The minimum absolute atomic E-state index is 0.235. The lowest BCUT2D eigenvalue weighted by molar-refractivity contribution is 0.102. The minimum atomic E-state index is -0.272. The maximum Gasteiger partial charge on any atom is 0.259 e. The molecule has 0 unspecified atom stereocenters. The van der Waals surface area contributed by atoms with Crippen molar-refractivity contribution in [2.24, 2.45) is 0 Å². The van der Waals surface area contributed by atoms with E-state index in [1.54, 1.807) is 6.07 Å². The first-order valence-corrected chi connectivity index (χ1v) is 8.35. The summed E-state index contributed by atoms with van der Waals surface area (Å²) >= 11 is 0. The Labute approximate surface area is 152 Å². The van der Waals surface area contributed by atoms with E-state index in [0.717, 1.165) is 22.6 Å². The second kappa shape index (κ2) is 7.70. The molecule has 0 radical (unpaired) electrons. The SMILES string of the molecule is Cc1cc(C(=O)Nc2ccc(COc3ccccc3)cc2)c(N)nc1C. The van der Waals surface area contributed by atoms with Crippen molar-refractivity contribution in [2.45, 2.75) is 20.5 Å². The summed E-state index contributed by atoms with van der Waals surface area (Å²) in [6.45, 7) is 4.23. The third-order valence-electron chi connectivity index (χ3n) is 4.10. The lowest BCUT2D eigenvalue weighted by Crippen LogP contribution is -2.15. The Morgan fingerprint density at radius 1 is 1.08 bits per heavy atom. The molecule has 0 atom stereocenters. The molecule has 5 heteroatoms. The normalized spacial score (nSPS) is 10.4. The van der Waals surface area contributed by atoms with Crippen molar-refractivity contribution in [1.82, 2.24) is 4.98 Å². The van der Waals surface area contributed by atoms with E-state index in [2.05, 4.69) is 10.3 Å². The number of rotatable bonds is 5. The first-order chi connectivity index (χ1) is 12.5. The number of hydrogen-bond acceptors (Lipinski definition) is 4. The van der Waals surface area contributed by atoms with Gasteiger partial charge in [-0.2, -0.15) is 0 Å². The molecular weight excluding hydrogens is 326 g/mol. The third kappa shape index (κ3) is 4.19. The number of carbonyl (C=O) groups is 1. The molecule has 3 rings (SSSR count). The van der Waals surface area contributed by atoms with Crippen molar-refractivity contribution in [1.29, 1.82) is 0 Å². The predicted octanol–water partition coefficient (Wildman–Crippen LogP) is 4.11. The lowest BCUT2D eigenvalue weighted by atomic mass is 10.1. The quantitative estimate of drug-likeness (QED) is 0.728. The Hall–Kier alpha value is -3.34. The zero-order chi connectivity index (χ0) is 18.5. The second-order valence-electron chi connectivity index (χ2n) is 6.08. The number of benzene rings is 2. The van der Waals surface area contributed by atoms with Crippen LogP contribution in [0.15, 0.2) is 60.7 Å². The summed E-state index contributed by atoms with van der Waals surface area (Å²) < 4.78 is 5.71. The molecule has 0 fully saturated rings. The Bertz CT molecular complexity index is 907. The molecule has 5 nitrogen and oxygen atoms in total. The average molecular weight is 347 g/mol. The van der Waals surface area contributed by atoms with Crippen LogP contribution in [0.25, 0.3) is 0 Å². The summed E-state index contributed by atoms with van der Waals surface area (Å²) in [6.07, 6.45) is 0. The molecule has 2 aromatic carbocycles. The van der Waals surface area contributed by atoms with E-state index in [9.17, 15) is 4.79 Å². The number of pyridine rings is 1. The van der Waals surface area contributed by atoms with Gasteiger partial charge in [-0.1, -0.05) is 30.3 Å². The summed E-state index contributed by atoms with van der Waals surface area (Å²) in [5, 5.41) is 2.85. The average Bonchev–Trinajstić information content (AvgIpc) is 2.65. The van der Waals surface area contributed by atoms with Crippen LogP contribution in [0.3, 0.4) is 0 Å². The number of nitrogen functional groups attached to an aromatic ring is 1. The minimum Gasteiger partial charge on any atom is -0.489 e. The fourth-order valence-electron chi connectivity index (χ4n) is 2.47.